The van der Waals surface area contributed by atoms with Crippen LogP contribution in [0.15, 0.2) is 48.5 Å². The van der Waals surface area contributed by atoms with Crippen LogP contribution in [0.2, 0.25) is 0 Å². The van der Waals surface area contributed by atoms with Crippen molar-refractivity contribution in [2.24, 2.45) is 5.92 Å². The molecule has 2 aromatic carbocycles. The molecule has 1 fully saturated rings. The number of carboxylic acid groups (broad SMARTS) is 1. The summed E-state index contributed by atoms with van der Waals surface area (Å²) in [6, 6.07) is 15.3. The van der Waals surface area contributed by atoms with Crippen molar-refractivity contribution in [2.75, 3.05) is 13.1 Å². The Morgan fingerprint density at radius 3 is 2.35 bits per heavy atom. The lowest BCUT2D eigenvalue weighted by atomic mass is 9.88. The fraction of sp³-hybridized carbons (Fsp3) is 0.364. The van der Waals surface area contributed by atoms with Crippen LogP contribution in [0.5, 0.6) is 0 Å². The second-order valence-corrected chi connectivity index (χ2v) is 7.15. The van der Waals surface area contributed by atoms with Gasteiger partial charge in [-0.25, -0.2) is 4.79 Å². The molecule has 1 aliphatic heterocycles. The van der Waals surface area contributed by atoms with E-state index >= 15 is 0 Å². The zero-order valence-electron chi connectivity index (χ0n) is 15.1. The SMILES string of the molecule is Cc1ccc(CC(=O)N2CCC(Cc3ccccc3C(=O)O)CC2)cc1. The molecule has 0 bridgehead atoms. The normalized spacial score (nSPS) is 15.0. The number of carbonyl (C=O) groups excluding carboxylic acids is 1. The zero-order chi connectivity index (χ0) is 18.5. The number of rotatable bonds is 5. The van der Waals surface area contributed by atoms with Crippen LogP contribution in [-0.4, -0.2) is 35.0 Å². The number of carbonyl (C=O) groups is 2. The summed E-state index contributed by atoms with van der Waals surface area (Å²) in [6.45, 7) is 3.55. The molecule has 4 heteroatoms. The molecule has 26 heavy (non-hydrogen) atoms. The molecule has 1 aliphatic rings. The second-order valence-electron chi connectivity index (χ2n) is 7.15. The highest BCUT2D eigenvalue weighted by atomic mass is 16.4. The number of hydrogen-bond acceptors (Lipinski definition) is 2. The average Bonchev–Trinajstić information content (AvgIpc) is 2.64. The largest absolute Gasteiger partial charge is 0.478 e. The van der Waals surface area contributed by atoms with Crippen LogP contribution in [0.4, 0.5) is 0 Å². The lowest BCUT2D eigenvalue weighted by Gasteiger charge is -2.32. The maximum Gasteiger partial charge on any atom is 0.335 e. The van der Waals surface area contributed by atoms with Crippen molar-refractivity contribution in [3.05, 3.63) is 70.8 Å². The van der Waals surface area contributed by atoms with E-state index in [1.165, 1.54) is 5.56 Å². The molecule has 136 valence electrons. The van der Waals surface area contributed by atoms with Crippen molar-refractivity contribution < 1.29 is 14.7 Å². The molecule has 3 rings (SSSR count). The number of likely N-dealkylation sites (tertiary alicyclic amines) is 1. The van der Waals surface area contributed by atoms with E-state index < -0.39 is 5.97 Å². The van der Waals surface area contributed by atoms with Crippen LogP contribution in [0, 0.1) is 12.8 Å². The fourth-order valence-corrected chi connectivity index (χ4v) is 3.60. The van der Waals surface area contributed by atoms with Gasteiger partial charge in [0, 0.05) is 13.1 Å². The summed E-state index contributed by atoms with van der Waals surface area (Å²) in [5.74, 6) is -0.261. The Labute approximate surface area is 154 Å². The Balaban J connectivity index is 1.53. The van der Waals surface area contributed by atoms with E-state index in [0.29, 0.717) is 17.9 Å². The van der Waals surface area contributed by atoms with Gasteiger partial charge >= 0.3 is 5.97 Å². The van der Waals surface area contributed by atoms with Gasteiger partial charge in [0.25, 0.3) is 0 Å². The molecule has 0 saturated carbocycles. The van der Waals surface area contributed by atoms with Gasteiger partial charge in [-0.2, -0.15) is 0 Å². The Kier molecular flexibility index (Phi) is 5.71. The monoisotopic (exact) mass is 351 g/mol. The summed E-state index contributed by atoms with van der Waals surface area (Å²) in [7, 11) is 0. The molecule has 0 aromatic heterocycles. The van der Waals surface area contributed by atoms with E-state index in [0.717, 1.165) is 43.5 Å². The molecule has 0 radical (unpaired) electrons. The third kappa shape index (κ3) is 4.51. The number of aromatic carboxylic acids is 1. The van der Waals surface area contributed by atoms with Gasteiger partial charge in [-0.1, -0.05) is 48.0 Å². The molecule has 1 saturated heterocycles. The van der Waals surface area contributed by atoms with Gasteiger partial charge in [-0.3, -0.25) is 4.79 Å². The second kappa shape index (κ2) is 8.17. The lowest BCUT2D eigenvalue weighted by molar-refractivity contribution is -0.131. The van der Waals surface area contributed by atoms with Gasteiger partial charge in [0.1, 0.15) is 0 Å². The molecule has 4 nitrogen and oxygen atoms in total. The van der Waals surface area contributed by atoms with Crippen molar-refractivity contribution in [1.29, 1.82) is 0 Å². The van der Waals surface area contributed by atoms with Gasteiger partial charge in [0.15, 0.2) is 0 Å². The first-order chi connectivity index (χ1) is 12.5. The summed E-state index contributed by atoms with van der Waals surface area (Å²) in [5, 5.41) is 9.31. The predicted molar refractivity (Wildman–Crippen MR) is 101 cm³/mol. The Morgan fingerprint density at radius 2 is 1.69 bits per heavy atom. The smallest absolute Gasteiger partial charge is 0.335 e. The van der Waals surface area contributed by atoms with Crippen molar-refractivity contribution >= 4 is 11.9 Å². The van der Waals surface area contributed by atoms with Crippen molar-refractivity contribution in [3.63, 3.8) is 0 Å². The number of nitrogens with zero attached hydrogens (tertiary/aromatic N) is 1. The first-order valence-electron chi connectivity index (χ1n) is 9.17. The van der Waals surface area contributed by atoms with E-state index in [4.69, 9.17) is 0 Å². The lowest BCUT2D eigenvalue weighted by Crippen LogP contribution is -2.39. The molecule has 1 amide bonds. The summed E-state index contributed by atoms with van der Waals surface area (Å²) in [5.41, 5.74) is 3.54. The summed E-state index contributed by atoms with van der Waals surface area (Å²) >= 11 is 0. The molecular formula is C22H25NO3. The maximum absolute atomic E-state index is 12.5. The molecule has 0 aliphatic carbocycles. The van der Waals surface area contributed by atoms with Crippen LogP contribution in [0.3, 0.4) is 0 Å². The Morgan fingerprint density at radius 1 is 1.04 bits per heavy atom. The van der Waals surface area contributed by atoms with Crippen LogP contribution >= 0.6 is 0 Å². The minimum atomic E-state index is -0.869. The third-order valence-electron chi connectivity index (χ3n) is 5.20. The molecule has 2 aromatic rings. The minimum Gasteiger partial charge on any atom is -0.478 e. The van der Waals surface area contributed by atoms with E-state index in [9.17, 15) is 14.7 Å². The Hall–Kier alpha value is -2.62. The first-order valence-corrected chi connectivity index (χ1v) is 9.17. The number of amides is 1. The number of hydrogen-bond donors (Lipinski definition) is 1. The molecular weight excluding hydrogens is 326 g/mol. The summed E-state index contributed by atoms with van der Waals surface area (Å²) < 4.78 is 0. The summed E-state index contributed by atoms with van der Waals surface area (Å²) in [6.07, 6.45) is 3.07. The van der Waals surface area contributed by atoms with Crippen LogP contribution in [0.25, 0.3) is 0 Å². The zero-order valence-corrected chi connectivity index (χ0v) is 15.1. The molecule has 1 N–H and O–H groups in total. The van der Waals surface area contributed by atoms with Crippen LogP contribution in [-0.2, 0) is 17.6 Å². The standard InChI is InChI=1S/C22H25NO3/c1-16-6-8-17(9-7-16)15-21(24)23-12-10-18(11-13-23)14-19-4-2-3-5-20(19)22(25)26/h2-9,18H,10-15H2,1H3,(H,25,26). The number of piperidine rings is 1. The maximum atomic E-state index is 12.5. The topological polar surface area (TPSA) is 57.6 Å². The highest BCUT2D eigenvalue weighted by Gasteiger charge is 2.24. The van der Waals surface area contributed by atoms with Crippen LogP contribution in [0.1, 0.15) is 39.9 Å². The van der Waals surface area contributed by atoms with Gasteiger partial charge in [-0.15, -0.1) is 0 Å². The van der Waals surface area contributed by atoms with E-state index in [2.05, 4.69) is 0 Å². The minimum absolute atomic E-state index is 0.179. The highest BCUT2D eigenvalue weighted by Crippen LogP contribution is 2.24. The average molecular weight is 351 g/mol. The van der Waals surface area contributed by atoms with Crippen molar-refractivity contribution in [2.45, 2.75) is 32.6 Å². The first kappa shape index (κ1) is 18.2. The number of benzene rings is 2. The van der Waals surface area contributed by atoms with Gasteiger partial charge in [0.05, 0.1) is 12.0 Å². The molecule has 0 spiro atoms. The van der Waals surface area contributed by atoms with Gasteiger partial charge in [-0.05, 0) is 49.3 Å². The van der Waals surface area contributed by atoms with Gasteiger partial charge < -0.3 is 10.0 Å². The van der Waals surface area contributed by atoms with Gasteiger partial charge in [0.2, 0.25) is 5.91 Å². The summed E-state index contributed by atoms with van der Waals surface area (Å²) in [4.78, 5) is 25.8. The number of aryl methyl sites for hydroxylation is 1. The van der Waals surface area contributed by atoms with Crippen LogP contribution < -0.4 is 0 Å². The quantitative estimate of drug-likeness (QED) is 0.893. The number of carboxylic acids is 1. The van der Waals surface area contributed by atoms with Crippen molar-refractivity contribution in [1.82, 2.24) is 4.90 Å². The molecule has 1 heterocycles. The predicted octanol–water partition coefficient (Wildman–Crippen LogP) is 3.72. The molecule has 0 unspecified atom stereocenters. The van der Waals surface area contributed by atoms with E-state index in [1.807, 2.05) is 48.2 Å². The van der Waals surface area contributed by atoms with Crippen molar-refractivity contribution in [3.8, 4) is 0 Å². The Bertz CT molecular complexity index is 774. The highest BCUT2D eigenvalue weighted by molar-refractivity contribution is 5.89. The third-order valence-corrected chi connectivity index (χ3v) is 5.20. The van der Waals surface area contributed by atoms with E-state index in [-0.39, 0.29) is 5.91 Å². The van der Waals surface area contributed by atoms with E-state index in [1.54, 1.807) is 12.1 Å². The fourth-order valence-electron chi connectivity index (χ4n) is 3.60. The molecule has 0 atom stereocenters.